The molecule has 3 nitrogen and oxygen atoms in total. The van der Waals surface area contributed by atoms with Crippen molar-refractivity contribution in [2.75, 3.05) is 0 Å². The molecule has 0 N–H and O–H groups in total. The normalized spacial score (nSPS) is 44.7. The van der Waals surface area contributed by atoms with Crippen molar-refractivity contribution < 1.29 is 14.3 Å². The molecule has 2 saturated heterocycles. The smallest absolute Gasteiger partial charge is 0.311 e. The predicted molar refractivity (Wildman–Crippen MR) is 72.7 cm³/mol. The highest BCUT2D eigenvalue weighted by atomic mass is 16.6. The zero-order chi connectivity index (χ0) is 13.4. The number of hydrogen-bond donors (Lipinski definition) is 0. The lowest BCUT2D eigenvalue weighted by atomic mass is 9.89. The third-order valence-electron chi connectivity index (χ3n) is 5.51. The molecule has 3 rings (SSSR count). The molecule has 108 valence electrons. The Hall–Kier alpha value is -0.570. The average Bonchev–Trinajstić information content (AvgIpc) is 3.12. The molecule has 0 amide bonds. The van der Waals surface area contributed by atoms with Crippen LogP contribution in [0.4, 0.5) is 0 Å². The lowest BCUT2D eigenvalue weighted by Crippen LogP contribution is -2.31. The summed E-state index contributed by atoms with van der Waals surface area (Å²) in [4.78, 5) is 12.3. The van der Waals surface area contributed by atoms with Crippen molar-refractivity contribution >= 4 is 5.97 Å². The van der Waals surface area contributed by atoms with Gasteiger partial charge in [-0.05, 0) is 50.4 Å². The summed E-state index contributed by atoms with van der Waals surface area (Å²) in [5.41, 5.74) is 0. The van der Waals surface area contributed by atoms with Crippen LogP contribution in [0.3, 0.4) is 0 Å². The zero-order valence-corrected chi connectivity index (χ0v) is 12.1. The Kier molecular flexibility index (Phi) is 3.84. The maximum Gasteiger partial charge on any atom is 0.311 e. The van der Waals surface area contributed by atoms with Crippen LogP contribution in [-0.2, 0) is 14.3 Å². The molecule has 2 bridgehead atoms. The molecule has 0 aromatic heterocycles. The van der Waals surface area contributed by atoms with Crippen molar-refractivity contribution in [3.05, 3.63) is 0 Å². The van der Waals surface area contributed by atoms with Crippen molar-refractivity contribution in [1.82, 2.24) is 0 Å². The summed E-state index contributed by atoms with van der Waals surface area (Å²) in [6, 6.07) is 0. The standard InChI is InChI=1S/C16H26O3/c1-3-10-7-11(4-2)15(8-10)19-16(17)13-9-12-5-6-14(13)18-12/h10-15H,3-9H2,1-2H3. The number of esters is 1. The fraction of sp³-hybridized carbons (Fsp3) is 0.938. The molecule has 19 heavy (non-hydrogen) atoms. The minimum atomic E-state index is 0.0207. The largest absolute Gasteiger partial charge is 0.462 e. The van der Waals surface area contributed by atoms with Gasteiger partial charge >= 0.3 is 5.97 Å². The lowest BCUT2D eigenvalue weighted by molar-refractivity contribution is -0.157. The SMILES string of the molecule is CCC1CC(CC)C(OC(=O)C2CC3CCC2O3)C1. The molecule has 3 fully saturated rings. The van der Waals surface area contributed by atoms with Gasteiger partial charge in [0, 0.05) is 0 Å². The highest BCUT2D eigenvalue weighted by molar-refractivity contribution is 5.74. The molecule has 3 heteroatoms. The van der Waals surface area contributed by atoms with Crippen LogP contribution in [0.15, 0.2) is 0 Å². The molecule has 0 aromatic carbocycles. The van der Waals surface area contributed by atoms with E-state index in [4.69, 9.17) is 9.47 Å². The van der Waals surface area contributed by atoms with Crippen LogP contribution in [0.25, 0.3) is 0 Å². The van der Waals surface area contributed by atoms with Crippen LogP contribution in [0.2, 0.25) is 0 Å². The van der Waals surface area contributed by atoms with E-state index in [0.717, 1.165) is 38.0 Å². The third kappa shape index (κ3) is 2.54. The summed E-state index contributed by atoms with van der Waals surface area (Å²) in [5, 5.41) is 0. The van der Waals surface area contributed by atoms with E-state index in [2.05, 4.69) is 13.8 Å². The average molecular weight is 266 g/mol. The van der Waals surface area contributed by atoms with Crippen molar-refractivity contribution in [3.8, 4) is 0 Å². The van der Waals surface area contributed by atoms with Gasteiger partial charge in [-0.25, -0.2) is 0 Å². The first-order valence-corrected chi connectivity index (χ1v) is 8.07. The van der Waals surface area contributed by atoms with E-state index in [1.807, 2.05) is 0 Å². The molecule has 3 aliphatic rings. The number of hydrogen-bond acceptors (Lipinski definition) is 3. The summed E-state index contributed by atoms with van der Waals surface area (Å²) >= 11 is 0. The van der Waals surface area contributed by atoms with Gasteiger partial charge in [-0.15, -0.1) is 0 Å². The van der Waals surface area contributed by atoms with Crippen LogP contribution >= 0.6 is 0 Å². The van der Waals surface area contributed by atoms with E-state index in [-0.39, 0.29) is 24.1 Å². The molecule has 0 aromatic rings. The number of carbonyl (C=O) groups is 1. The second-order valence-corrected chi connectivity index (χ2v) is 6.61. The highest BCUT2D eigenvalue weighted by Crippen LogP contribution is 2.41. The Morgan fingerprint density at radius 1 is 1.16 bits per heavy atom. The van der Waals surface area contributed by atoms with Gasteiger partial charge in [0.2, 0.25) is 0 Å². The number of ether oxygens (including phenoxy) is 2. The fourth-order valence-electron chi connectivity index (χ4n) is 4.23. The van der Waals surface area contributed by atoms with E-state index in [1.54, 1.807) is 0 Å². The van der Waals surface area contributed by atoms with E-state index >= 15 is 0 Å². The second kappa shape index (κ2) is 5.43. The van der Waals surface area contributed by atoms with Crippen LogP contribution in [0.5, 0.6) is 0 Å². The first-order valence-electron chi connectivity index (χ1n) is 8.07. The van der Waals surface area contributed by atoms with Crippen molar-refractivity contribution in [3.63, 3.8) is 0 Å². The molecule has 6 unspecified atom stereocenters. The van der Waals surface area contributed by atoms with Crippen LogP contribution in [0.1, 0.15) is 58.8 Å². The van der Waals surface area contributed by atoms with Crippen LogP contribution < -0.4 is 0 Å². The molecule has 1 saturated carbocycles. The summed E-state index contributed by atoms with van der Waals surface area (Å²) in [5.74, 6) is 1.37. The molecular weight excluding hydrogens is 240 g/mol. The van der Waals surface area contributed by atoms with Gasteiger partial charge in [-0.3, -0.25) is 4.79 Å². The Balaban J connectivity index is 1.57. The van der Waals surface area contributed by atoms with Gasteiger partial charge in [0.05, 0.1) is 18.1 Å². The maximum absolute atomic E-state index is 12.3. The van der Waals surface area contributed by atoms with Crippen molar-refractivity contribution in [2.24, 2.45) is 17.8 Å². The summed E-state index contributed by atoms with van der Waals surface area (Å²) in [7, 11) is 0. The fourth-order valence-corrected chi connectivity index (χ4v) is 4.23. The molecule has 0 spiro atoms. The molecule has 2 aliphatic heterocycles. The Bertz CT molecular complexity index is 341. The van der Waals surface area contributed by atoms with Crippen molar-refractivity contribution in [2.45, 2.75) is 77.1 Å². The van der Waals surface area contributed by atoms with Crippen LogP contribution in [-0.4, -0.2) is 24.3 Å². The Morgan fingerprint density at radius 2 is 2.00 bits per heavy atom. The molecular formula is C16H26O3. The summed E-state index contributed by atoms with van der Waals surface area (Å²) < 4.78 is 11.6. The summed E-state index contributed by atoms with van der Waals surface area (Å²) in [6.07, 6.45) is 8.37. The second-order valence-electron chi connectivity index (χ2n) is 6.61. The Labute approximate surface area is 116 Å². The highest BCUT2D eigenvalue weighted by Gasteiger charge is 2.46. The minimum Gasteiger partial charge on any atom is -0.462 e. The van der Waals surface area contributed by atoms with Gasteiger partial charge in [0.1, 0.15) is 6.10 Å². The first-order chi connectivity index (χ1) is 9.21. The van der Waals surface area contributed by atoms with Gasteiger partial charge in [0.15, 0.2) is 0 Å². The van der Waals surface area contributed by atoms with Gasteiger partial charge in [0.25, 0.3) is 0 Å². The lowest BCUT2D eigenvalue weighted by Gasteiger charge is -2.23. The van der Waals surface area contributed by atoms with E-state index in [1.165, 1.54) is 12.8 Å². The predicted octanol–water partition coefficient (Wildman–Crippen LogP) is 3.31. The van der Waals surface area contributed by atoms with E-state index < -0.39 is 0 Å². The molecule has 6 atom stereocenters. The van der Waals surface area contributed by atoms with Crippen LogP contribution in [0, 0.1) is 17.8 Å². The topological polar surface area (TPSA) is 35.5 Å². The molecule has 1 aliphatic carbocycles. The van der Waals surface area contributed by atoms with Crippen molar-refractivity contribution in [1.29, 1.82) is 0 Å². The first kappa shape index (κ1) is 13.4. The van der Waals surface area contributed by atoms with Gasteiger partial charge in [-0.2, -0.15) is 0 Å². The molecule has 2 heterocycles. The number of carbonyl (C=O) groups excluding carboxylic acids is 1. The maximum atomic E-state index is 12.3. The quantitative estimate of drug-likeness (QED) is 0.732. The number of rotatable bonds is 4. The zero-order valence-electron chi connectivity index (χ0n) is 12.1. The minimum absolute atomic E-state index is 0.0207. The monoisotopic (exact) mass is 266 g/mol. The van der Waals surface area contributed by atoms with E-state index in [9.17, 15) is 4.79 Å². The number of fused-ring (bicyclic) bond motifs is 2. The Morgan fingerprint density at radius 3 is 2.58 bits per heavy atom. The third-order valence-corrected chi connectivity index (χ3v) is 5.51. The summed E-state index contributed by atoms with van der Waals surface area (Å²) in [6.45, 7) is 4.45. The van der Waals surface area contributed by atoms with E-state index in [0.29, 0.717) is 12.0 Å². The molecule has 0 radical (unpaired) electrons. The van der Waals surface area contributed by atoms with Gasteiger partial charge in [-0.1, -0.05) is 20.3 Å². The van der Waals surface area contributed by atoms with Gasteiger partial charge < -0.3 is 9.47 Å².